The number of benzene rings is 1. The van der Waals surface area contributed by atoms with Crippen LogP contribution >= 0.6 is 11.3 Å². The monoisotopic (exact) mass is 627 g/mol. The van der Waals surface area contributed by atoms with Crippen LogP contribution in [0.2, 0.25) is 0 Å². The summed E-state index contributed by atoms with van der Waals surface area (Å²) in [5, 5.41) is 9.12. The Morgan fingerprint density at radius 1 is 1.20 bits per heavy atom. The topological polar surface area (TPSA) is 113 Å². The van der Waals surface area contributed by atoms with E-state index in [1.165, 1.54) is 0 Å². The second kappa shape index (κ2) is 13.5. The molecule has 3 amide bonds. The van der Waals surface area contributed by atoms with Gasteiger partial charge in [-0.3, -0.25) is 14.4 Å². The van der Waals surface area contributed by atoms with Crippen molar-refractivity contribution in [3.8, 4) is 16.2 Å². The van der Waals surface area contributed by atoms with Crippen LogP contribution in [0, 0.1) is 18.3 Å². The van der Waals surface area contributed by atoms with Gasteiger partial charge in [-0.2, -0.15) is 0 Å². The van der Waals surface area contributed by atoms with Crippen LogP contribution < -0.4 is 20.7 Å². The quantitative estimate of drug-likeness (QED) is 0.338. The maximum atomic E-state index is 14.5. The van der Waals surface area contributed by atoms with Gasteiger partial charge in [-0.1, -0.05) is 32.9 Å². The molecule has 1 aromatic carbocycles. The Hall–Kier alpha value is -3.05. The van der Waals surface area contributed by atoms with E-state index in [0.29, 0.717) is 31.9 Å². The summed E-state index contributed by atoms with van der Waals surface area (Å²) in [4.78, 5) is 46.8. The lowest BCUT2D eigenvalue weighted by molar-refractivity contribution is -0.144. The van der Waals surface area contributed by atoms with Crippen molar-refractivity contribution in [2.24, 2.45) is 11.3 Å². The summed E-state index contributed by atoms with van der Waals surface area (Å²) in [6.07, 6.45) is 4.83. The molecule has 5 rings (SSSR count). The van der Waals surface area contributed by atoms with Gasteiger partial charge < -0.3 is 25.6 Å². The molecule has 0 bridgehead atoms. The van der Waals surface area contributed by atoms with E-state index in [4.69, 9.17) is 4.74 Å². The number of aryl methyl sites for hydroxylation is 1. The zero-order valence-electron chi connectivity index (χ0n) is 26.3. The molecule has 9 nitrogen and oxygen atoms in total. The molecule has 3 fully saturated rings. The molecule has 2 atom stereocenters. The van der Waals surface area contributed by atoms with Gasteiger partial charge in [0.25, 0.3) is 5.91 Å². The van der Waals surface area contributed by atoms with Crippen molar-refractivity contribution in [3.63, 3.8) is 0 Å². The van der Waals surface area contributed by atoms with Crippen molar-refractivity contribution in [3.05, 3.63) is 35.0 Å². The normalized spacial score (nSPS) is 20.7. The summed E-state index contributed by atoms with van der Waals surface area (Å²) in [7, 11) is 0. The number of halogens is 1. The maximum Gasteiger partial charge on any atom is 0.258 e. The number of nitrogens with one attached hydrogen (secondary N) is 3. The Balaban J connectivity index is 1.26. The standard InChI is InChI=1S/C33H46FN5O4S/c1-21-27(44-20-37-21)23-7-8-24(26(18-23)43-17-11-22-9-14-35-15-10-22)19-36-29(40)25-6-5-16-39(25)30(41)28(32(2,3)4)38-31(42)33(34)12-13-33/h7-8,18,20,22,25,28,35H,5-6,9-17,19H2,1-4H3,(H,36,40)(H,38,42). The van der Waals surface area contributed by atoms with Gasteiger partial charge in [0.15, 0.2) is 5.67 Å². The summed E-state index contributed by atoms with van der Waals surface area (Å²) in [6.45, 7) is 10.9. The van der Waals surface area contributed by atoms with Crippen LogP contribution in [0.1, 0.15) is 77.0 Å². The first-order chi connectivity index (χ1) is 21.0. The number of thiazole rings is 1. The molecule has 11 heteroatoms. The van der Waals surface area contributed by atoms with Gasteiger partial charge in [-0.15, -0.1) is 11.3 Å². The predicted molar refractivity (Wildman–Crippen MR) is 169 cm³/mol. The number of likely N-dealkylation sites (tertiary alicyclic amines) is 1. The fourth-order valence-corrected chi connectivity index (χ4v) is 6.88. The summed E-state index contributed by atoms with van der Waals surface area (Å²) in [6, 6.07) is 4.46. The number of carbonyl (C=O) groups excluding carboxylic acids is 3. The molecular formula is C33H46FN5O4S. The van der Waals surface area contributed by atoms with Crippen LogP contribution in [0.4, 0.5) is 4.39 Å². The summed E-state index contributed by atoms with van der Waals surface area (Å²) < 4.78 is 20.8. The van der Waals surface area contributed by atoms with Gasteiger partial charge in [0.1, 0.15) is 17.8 Å². The molecule has 1 aromatic heterocycles. The molecule has 0 spiro atoms. The van der Waals surface area contributed by atoms with E-state index in [2.05, 4.69) is 20.9 Å². The largest absolute Gasteiger partial charge is 0.493 e. The van der Waals surface area contributed by atoms with Gasteiger partial charge in [-0.25, -0.2) is 9.37 Å². The molecule has 1 aliphatic carbocycles. The van der Waals surface area contributed by atoms with Crippen LogP contribution in [0.25, 0.3) is 10.4 Å². The fourth-order valence-electron chi connectivity index (χ4n) is 6.08. The highest BCUT2D eigenvalue weighted by Gasteiger charge is 2.53. The number of amides is 3. The number of hydrogen-bond donors (Lipinski definition) is 3. The second-order valence-electron chi connectivity index (χ2n) is 13.6. The van der Waals surface area contributed by atoms with E-state index in [9.17, 15) is 18.8 Å². The van der Waals surface area contributed by atoms with Gasteiger partial charge in [0.2, 0.25) is 11.8 Å². The van der Waals surface area contributed by atoms with Crippen molar-refractivity contribution in [1.82, 2.24) is 25.8 Å². The smallest absolute Gasteiger partial charge is 0.258 e. The minimum Gasteiger partial charge on any atom is -0.493 e. The van der Waals surface area contributed by atoms with E-state index < -0.39 is 29.1 Å². The zero-order chi connectivity index (χ0) is 31.5. The average molecular weight is 628 g/mol. The summed E-state index contributed by atoms with van der Waals surface area (Å²) >= 11 is 1.59. The first-order valence-corrected chi connectivity index (χ1v) is 16.8. The van der Waals surface area contributed by atoms with Crippen molar-refractivity contribution in [2.75, 3.05) is 26.2 Å². The number of carbonyl (C=O) groups is 3. The van der Waals surface area contributed by atoms with Crippen LogP contribution in [0.3, 0.4) is 0 Å². The number of aromatic nitrogens is 1. The Kier molecular flexibility index (Phi) is 9.94. The molecule has 2 aliphatic heterocycles. The number of nitrogens with zero attached hydrogens (tertiary/aromatic N) is 2. The van der Waals surface area contributed by atoms with Crippen LogP contribution in [-0.4, -0.2) is 71.6 Å². The maximum absolute atomic E-state index is 14.5. The third-order valence-electron chi connectivity index (χ3n) is 9.09. The highest BCUT2D eigenvalue weighted by Crippen LogP contribution is 2.40. The van der Waals surface area contributed by atoms with Gasteiger partial charge in [-0.05, 0) is 87.9 Å². The Bertz CT molecular complexity index is 1350. The van der Waals surface area contributed by atoms with Gasteiger partial charge in [0.05, 0.1) is 22.7 Å². The fraction of sp³-hybridized carbons (Fsp3) is 0.636. The predicted octanol–water partition coefficient (Wildman–Crippen LogP) is 4.53. The Morgan fingerprint density at radius 2 is 1.95 bits per heavy atom. The second-order valence-corrected chi connectivity index (χ2v) is 14.4. The molecular weight excluding hydrogens is 581 g/mol. The molecule has 3 aliphatic rings. The molecule has 2 unspecified atom stereocenters. The van der Waals surface area contributed by atoms with Gasteiger partial charge >= 0.3 is 0 Å². The molecule has 44 heavy (non-hydrogen) atoms. The average Bonchev–Trinajstić information content (AvgIpc) is 3.36. The van der Waals surface area contributed by atoms with Gasteiger partial charge in [0, 0.05) is 18.7 Å². The first-order valence-electron chi connectivity index (χ1n) is 15.9. The van der Waals surface area contributed by atoms with Crippen molar-refractivity contribution < 1.29 is 23.5 Å². The molecule has 3 N–H and O–H groups in total. The van der Waals surface area contributed by atoms with E-state index in [1.54, 1.807) is 16.2 Å². The highest BCUT2D eigenvalue weighted by molar-refractivity contribution is 7.13. The van der Waals surface area contributed by atoms with Crippen LogP contribution in [0.15, 0.2) is 23.7 Å². The molecule has 1 saturated carbocycles. The van der Waals surface area contributed by atoms with Crippen molar-refractivity contribution >= 4 is 29.1 Å². The Morgan fingerprint density at radius 3 is 2.61 bits per heavy atom. The number of rotatable bonds is 11. The minimum atomic E-state index is -1.88. The molecule has 2 saturated heterocycles. The SMILES string of the molecule is Cc1ncsc1-c1ccc(CNC(=O)C2CCCN2C(=O)C(NC(=O)C2(F)CC2)C(C)(C)C)c(OCCC2CCNCC2)c1. The van der Waals surface area contributed by atoms with E-state index in [-0.39, 0.29) is 31.2 Å². The third kappa shape index (κ3) is 7.59. The lowest BCUT2D eigenvalue weighted by atomic mass is 9.85. The third-order valence-corrected chi connectivity index (χ3v) is 10.1. The molecule has 2 aromatic rings. The molecule has 240 valence electrons. The number of ether oxygens (including phenoxy) is 1. The summed E-state index contributed by atoms with van der Waals surface area (Å²) in [5.74, 6) is 0.0369. The molecule has 0 radical (unpaired) electrons. The van der Waals surface area contributed by atoms with Crippen molar-refractivity contribution in [1.29, 1.82) is 0 Å². The highest BCUT2D eigenvalue weighted by atomic mass is 32.1. The van der Waals surface area contributed by atoms with Crippen molar-refractivity contribution in [2.45, 2.75) is 96.9 Å². The lowest BCUT2D eigenvalue weighted by Crippen LogP contribution is -2.58. The number of piperidine rings is 1. The molecule has 3 heterocycles. The Labute approximate surface area is 263 Å². The van der Waals surface area contributed by atoms with Crippen LogP contribution in [-0.2, 0) is 20.9 Å². The minimum absolute atomic E-state index is 0.174. The first kappa shape index (κ1) is 32.3. The van der Waals surface area contributed by atoms with E-state index in [1.807, 2.05) is 51.4 Å². The van der Waals surface area contributed by atoms with E-state index in [0.717, 1.165) is 59.8 Å². The summed E-state index contributed by atoms with van der Waals surface area (Å²) in [5.41, 5.74) is 2.16. The van der Waals surface area contributed by atoms with Crippen LogP contribution in [0.5, 0.6) is 5.75 Å². The number of alkyl halides is 1. The number of hydrogen-bond acceptors (Lipinski definition) is 7. The zero-order valence-corrected chi connectivity index (χ0v) is 27.2. The van der Waals surface area contributed by atoms with E-state index >= 15 is 0 Å². The lowest BCUT2D eigenvalue weighted by Gasteiger charge is -2.35.